The topological polar surface area (TPSA) is 30.2 Å². The molecular weight excluding hydrogens is 210 g/mol. The van der Waals surface area contributed by atoms with Gasteiger partial charge in [-0.15, -0.1) is 0 Å². The molecule has 0 amide bonds. The molecule has 87 valence electrons. The number of aromatic nitrogens is 1. The predicted molar refractivity (Wildman–Crippen MR) is 69.0 cm³/mol. The van der Waals surface area contributed by atoms with Crippen molar-refractivity contribution < 1.29 is 0 Å². The van der Waals surface area contributed by atoms with Gasteiger partial charge in [-0.25, -0.2) is 5.32 Å². The van der Waals surface area contributed by atoms with Gasteiger partial charge >= 0.3 is 0 Å². The molecule has 2 aromatic rings. The minimum atomic E-state index is 0.235. The summed E-state index contributed by atoms with van der Waals surface area (Å²) in [6.07, 6.45) is 0. The van der Waals surface area contributed by atoms with E-state index in [4.69, 9.17) is 4.98 Å². The molecule has 0 saturated carbocycles. The quantitative estimate of drug-likeness (QED) is 0.742. The second kappa shape index (κ2) is 4.43. The van der Waals surface area contributed by atoms with Gasteiger partial charge in [-0.2, -0.15) is 0 Å². The first kappa shape index (κ1) is 10.7. The van der Waals surface area contributed by atoms with Gasteiger partial charge < -0.3 is 4.90 Å². The minimum absolute atomic E-state index is 0.235. The highest BCUT2D eigenvalue weighted by Gasteiger charge is 2.20. The molecule has 1 unspecified atom stereocenters. The van der Waals surface area contributed by atoms with Gasteiger partial charge in [-0.1, -0.05) is 24.3 Å². The monoisotopic (exact) mass is 226 g/mol. The van der Waals surface area contributed by atoms with Crippen molar-refractivity contribution in [2.24, 2.45) is 0 Å². The van der Waals surface area contributed by atoms with Gasteiger partial charge in [0.05, 0.1) is 17.3 Å². The van der Waals surface area contributed by atoms with E-state index in [-0.39, 0.29) is 6.04 Å². The van der Waals surface area contributed by atoms with Crippen molar-refractivity contribution in [1.29, 1.82) is 0 Å². The Balaban J connectivity index is 1.94. The zero-order chi connectivity index (χ0) is 11.7. The number of piperazine rings is 1. The fraction of sp³-hybridized carbons (Fsp3) is 0.357. The Kier molecular flexibility index (Phi) is 2.79. The van der Waals surface area contributed by atoms with E-state index in [0.717, 1.165) is 30.8 Å². The van der Waals surface area contributed by atoms with Crippen LogP contribution in [0.1, 0.15) is 11.7 Å². The molecule has 3 nitrogen and oxygen atoms in total. The van der Waals surface area contributed by atoms with Gasteiger partial charge in [0.1, 0.15) is 0 Å². The van der Waals surface area contributed by atoms with E-state index in [9.17, 15) is 0 Å². The average molecular weight is 226 g/mol. The van der Waals surface area contributed by atoms with Gasteiger partial charge in [0.15, 0.2) is 0 Å². The van der Waals surface area contributed by atoms with E-state index in [2.05, 4.69) is 41.5 Å². The molecule has 1 atom stereocenters. The number of nitrogens with zero attached hydrogens (tertiary/aromatic N) is 3. The summed E-state index contributed by atoms with van der Waals surface area (Å²) in [6.45, 7) is 2.95. The fourth-order valence-electron chi connectivity index (χ4n) is 2.28. The van der Waals surface area contributed by atoms with Crippen LogP contribution in [0.2, 0.25) is 0 Å². The van der Waals surface area contributed by atoms with E-state index in [0.29, 0.717) is 0 Å². The molecule has 1 aliphatic rings. The Hall–Kier alpha value is -1.45. The normalized spacial score (nSPS) is 21.8. The molecule has 0 bridgehead atoms. The summed E-state index contributed by atoms with van der Waals surface area (Å²) in [5.74, 6) is 0. The lowest BCUT2D eigenvalue weighted by Crippen LogP contribution is -2.40. The van der Waals surface area contributed by atoms with Crippen molar-refractivity contribution in [3.63, 3.8) is 0 Å². The number of rotatable bonds is 1. The van der Waals surface area contributed by atoms with Gasteiger partial charge in [0.2, 0.25) is 0 Å². The van der Waals surface area contributed by atoms with Crippen LogP contribution in [-0.4, -0.2) is 36.6 Å². The Morgan fingerprint density at radius 3 is 2.94 bits per heavy atom. The van der Waals surface area contributed by atoms with E-state index < -0.39 is 0 Å². The molecule has 1 aliphatic heterocycles. The van der Waals surface area contributed by atoms with Gasteiger partial charge in [-0.3, -0.25) is 4.98 Å². The highest BCUT2D eigenvalue weighted by atomic mass is 15.2. The van der Waals surface area contributed by atoms with Crippen LogP contribution in [0.15, 0.2) is 36.4 Å². The molecule has 0 aliphatic carbocycles. The van der Waals surface area contributed by atoms with Crippen LogP contribution in [-0.2, 0) is 0 Å². The van der Waals surface area contributed by atoms with E-state index >= 15 is 0 Å². The van der Waals surface area contributed by atoms with Crippen molar-refractivity contribution in [3.05, 3.63) is 42.1 Å². The second-order valence-electron chi connectivity index (χ2n) is 4.61. The molecule has 17 heavy (non-hydrogen) atoms. The van der Waals surface area contributed by atoms with Crippen LogP contribution in [0, 0.1) is 0 Å². The smallest absolute Gasteiger partial charge is 0.0795 e. The highest BCUT2D eigenvalue weighted by molar-refractivity contribution is 5.78. The molecule has 1 radical (unpaired) electrons. The van der Waals surface area contributed by atoms with Gasteiger partial charge in [0, 0.05) is 25.0 Å². The van der Waals surface area contributed by atoms with Gasteiger partial charge in [0.25, 0.3) is 0 Å². The van der Waals surface area contributed by atoms with Crippen molar-refractivity contribution >= 4 is 10.9 Å². The number of benzene rings is 1. The summed E-state index contributed by atoms with van der Waals surface area (Å²) >= 11 is 0. The van der Waals surface area contributed by atoms with Crippen LogP contribution in [0.25, 0.3) is 10.9 Å². The summed E-state index contributed by atoms with van der Waals surface area (Å²) in [6, 6.07) is 12.7. The van der Waals surface area contributed by atoms with Crippen LogP contribution >= 0.6 is 0 Å². The third-order valence-electron chi connectivity index (χ3n) is 3.28. The van der Waals surface area contributed by atoms with Gasteiger partial charge in [-0.05, 0) is 19.2 Å². The maximum Gasteiger partial charge on any atom is 0.0795 e. The summed E-state index contributed by atoms with van der Waals surface area (Å²) in [7, 11) is 2.14. The maximum absolute atomic E-state index is 4.71. The molecule has 0 spiro atoms. The predicted octanol–water partition coefficient (Wildman–Crippen LogP) is 1.83. The van der Waals surface area contributed by atoms with E-state index in [1.54, 1.807) is 0 Å². The molecular formula is C14H16N3. The molecule has 3 rings (SSSR count). The Labute approximate surface area is 101 Å². The minimum Gasteiger partial charge on any atom is -0.303 e. The first-order valence-electron chi connectivity index (χ1n) is 6.04. The van der Waals surface area contributed by atoms with E-state index in [1.165, 1.54) is 5.39 Å². The number of para-hydroxylation sites is 1. The summed E-state index contributed by atoms with van der Waals surface area (Å²) in [5.41, 5.74) is 2.16. The highest BCUT2D eigenvalue weighted by Crippen LogP contribution is 2.19. The lowest BCUT2D eigenvalue weighted by atomic mass is 10.1. The molecule has 0 N–H and O–H groups in total. The van der Waals surface area contributed by atoms with Crippen molar-refractivity contribution in [1.82, 2.24) is 15.2 Å². The summed E-state index contributed by atoms with van der Waals surface area (Å²) in [4.78, 5) is 7.03. The third kappa shape index (κ3) is 2.16. The fourth-order valence-corrected chi connectivity index (χ4v) is 2.28. The van der Waals surface area contributed by atoms with Crippen molar-refractivity contribution in [2.75, 3.05) is 26.7 Å². The number of pyridine rings is 1. The molecule has 1 aromatic heterocycles. The first-order valence-corrected chi connectivity index (χ1v) is 6.04. The second-order valence-corrected chi connectivity index (χ2v) is 4.61. The average Bonchev–Trinajstić information content (AvgIpc) is 2.38. The Bertz CT molecular complexity index is 524. The SMILES string of the molecule is CN1CC[N]C(c2ccc3ccccc3n2)C1. The zero-order valence-corrected chi connectivity index (χ0v) is 10.0. The number of hydrogen-bond acceptors (Lipinski definition) is 2. The standard InChI is InChI=1S/C14H16N3/c1-17-9-8-15-14(10-17)13-7-6-11-4-2-3-5-12(11)16-13/h2-7,14H,8-10H2,1H3. The molecule has 1 saturated heterocycles. The van der Waals surface area contributed by atoms with Crippen LogP contribution in [0.3, 0.4) is 0 Å². The molecule has 3 heteroatoms. The number of likely N-dealkylation sites (N-methyl/N-ethyl adjacent to an activating group) is 1. The summed E-state index contributed by atoms with van der Waals surface area (Å²) < 4.78 is 0. The van der Waals surface area contributed by atoms with Crippen LogP contribution in [0.5, 0.6) is 0 Å². The zero-order valence-electron chi connectivity index (χ0n) is 10.0. The lowest BCUT2D eigenvalue weighted by molar-refractivity contribution is 0.234. The molecule has 1 fully saturated rings. The third-order valence-corrected chi connectivity index (χ3v) is 3.28. The van der Waals surface area contributed by atoms with Crippen molar-refractivity contribution in [3.8, 4) is 0 Å². The molecule has 1 aromatic carbocycles. The first-order chi connectivity index (χ1) is 8.33. The maximum atomic E-state index is 4.71. The largest absolute Gasteiger partial charge is 0.303 e. The van der Waals surface area contributed by atoms with Crippen LogP contribution in [0.4, 0.5) is 0 Å². The Morgan fingerprint density at radius 1 is 1.18 bits per heavy atom. The Morgan fingerprint density at radius 2 is 2.06 bits per heavy atom. The van der Waals surface area contributed by atoms with E-state index in [1.807, 2.05) is 12.1 Å². The van der Waals surface area contributed by atoms with Crippen molar-refractivity contribution in [2.45, 2.75) is 6.04 Å². The van der Waals surface area contributed by atoms with Crippen LogP contribution < -0.4 is 5.32 Å². The lowest BCUT2D eigenvalue weighted by Gasteiger charge is -2.29. The number of hydrogen-bond donors (Lipinski definition) is 0. The number of fused-ring (bicyclic) bond motifs is 1. The molecule has 2 heterocycles. The summed E-state index contributed by atoms with van der Waals surface area (Å²) in [5, 5.41) is 5.85.